The van der Waals surface area contributed by atoms with Crippen LogP contribution in [0.25, 0.3) is 0 Å². The van der Waals surface area contributed by atoms with Crippen LogP contribution in [0.15, 0.2) is 0 Å². The Kier molecular flexibility index (Phi) is 4.88. The van der Waals surface area contributed by atoms with E-state index >= 15 is 0 Å². The first-order chi connectivity index (χ1) is 8.54. The lowest BCUT2D eigenvalue weighted by atomic mass is 9.77. The molecule has 0 aliphatic carbocycles. The Morgan fingerprint density at radius 1 is 1.26 bits per heavy atom. The molecule has 2 atom stereocenters. The van der Waals surface area contributed by atoms with Crippen LogP contribution < -0.4 is 0 Å². The Hall–Kier alpha value is -0.770. The van der Waals surface area contributed by atoms with Gasteiger partial charge >= 0.3 is 6.09 Å². The fraction of sp³-hybridized carbons (Fsp3) is 0.933. The summed E-state index contributed by atoms with van der Waals surface area (Å²) >= 11 is 0. The van der Waals surface area contributed by atoms with E-state index < -0.39 is 5.60 Å². The molecule has 0 saturated carbocycles. The number of aliphatic hydroxyl groups excluding tert-OH is 1. The number of nitrogens with zero attached hydrogens (tertiary/aromatic N) is 1. The molecule has 19 heavy (non-hydrogen) atoms. The van der Waals surface area contributed by atoms with E-state index in [1.165, 1.54) is 0 Å². The summed E-state index contributed by atoms with van der Waals surface area (Å²) in [5.41, 5.74) is -0.474. The second kappa shape index (κ2) is 5.70. The van der Waals surface area contributed by atoms with Gasteiger partial charge in [0.05, 0.1) is 0 Å². The maximum atomic E-state index is 12.3. The summed E-state index contributed by atoms with van der Waals surface area (Å²) in [4.78, 5) is 14.2. The highest BCUT2D eigenvalue weighted by atomic mass is 16.6. The van der Waals surface area contributed by atoms with Gasteiger partial charge in [-0.2, -0.15) is 0 Å². The SMILES string of the molecule is CC(C)(C)OC(=O)N1CCC(CO)CC1C(C)(C)C. The van der Waals surface area contributed by atoms with Crippen LogP contribution in [-0.2, 0) is 4.74 Å². The first kappa shape index (κ1) is 16.3. The summed E-state index contributed by atoms with van der Waals surface area (Å²) < 4.78 is 5.50. The van der Waals surface area contributed by atoms with Gasteiger partial charge in [0, 0.05) is 19.2 Å². The number of hydrogen-bond donors (Lipinski definition) is 1. The van der Waals surface area contributed by atoms with Gasteiger partial charge in [-0.1, -0.05) is 20.8 Å². The zero-order valence-electron chi connectivity index (χ0n) is 13.2. The van der Waals surface area contributed by atoms with Gasteiger partial charge in [-0.15, -0.1) is 0 Å². The zero-order chi connectivity index (χ0) is 14.8. The molecular weight excluding hydrogens is 242 g/mol. The Morgan fingerprint density at radius 2 is 1.84 bits per heavy atom. The second-order valence-electron chi connectivity index (χ2n) is 7.63. The fourth-order valence-electron chi connectivity index (χ4n) is 2.56. The third-order valence-electron chi connectivity index (χ3n) is 3.60. The summed E-state index contributed by atoms with van der Waals surface area (Å²) in [5, 5.41) is 9.35. The van der Waals surface area contributed by atoms with Gasteiger partial charge < -0.3 is 14.7 Å². The molecule has 0 aromatic carbocycles. The molecule has 2 unspecified atom stereocenters. The highest BCUT2D eigenvalue weighted by Crippen LogP contribution is 2.35. The quantitative estimate of drug-likeness (QED) is 0.797. The number of amides is 1. The Morgan fingerprint density at radius 3 is 2.26 bits per heavy atom. The number of ether oxygens (including phenoxy) is 1. The van der Waals surface area contributed by atoms with Crippen LogP contribution in [0.5, 0.6) is 0 Å². The average Bonchev–Trinajstić information content (AvgIpc) is 2.24. The van der Waals surface area contributed by atoms with Crippen LogP contribution in [-0.4, -0.2) is 40.9 Å². The normalized spacial score (nSPS) is 25.3. The number of hydrogen-bond acceptors (Lipinski definition) is 3. The molecule has 4 nitrogen and oxygen atoms in total. The van der Waals surface area contributed by atoms with E-state index in [1.54, 1.807) is 0 Å². The smallest absolute Gasteiger partial charge is 0.410 e. The van der Waals surface area contributed by atoms with Crippen molar-refractivity contribution in [3.63, 3.8) is 0 Å². The van der Waals surface area contributed by atoms with Gasteiger partial charge in [0.25, 0.3) is 0 Å². The van der Waals surface area contributed by atoms with Crippen LogP contribution >= 0.6 is 0 Å². The molecule has 1 heterocycles. The van der Waals surface area contributed by atoms with E-state index in [0.29, 0.717) is 12.5 Å². The van der Waals surface area contributed by atoms with E-state index in [4.69, 9.17) is 4.74 Å². The first-order valence-electron chi connectivity index (χ1n) is 7.15. The van der Waals surface area contributed by atoms with Gasteiger partial charge in [-0.25, -0.2) is 4.79 Å². The van der Waals surface area contributed by atoms with Gasteiger partial charge in [-0.05, 0) is 44.9 Å². The minimum absolute atomic E-state index is 0.00918. The highest BCUT2D eigenvalue weighted by Gasteiger charge is 2.39. The van der Waals surface area contributed by atoms with Gasteiger partial charge in [0.2, 0.25) is 0 Å². The van der Waals surface area contributed by atoms with Crippen molar-refractivity contribution in [2.24, 2.45) is 11.3 Å². The third-order valence-corrected chi connectivity index (χ3v) is 3.60. The van der Waals surface area contributed by atoms with Crippen molar-refractivity contribution < 1.29 is 14.6 Å². The van der Waals surface area contributed by atoms with Gasteiger partial charge in [0.15, 0.2) is 0 Å². The molecule has 4 heteroatoms. The summed E-state index contributed by atoms with van der Waals surface area (Å²) in [5.74, 6) is 0.294. The van der Waals surface area contributed by atoms with Crippen LogP contribution in [0.1, 0.15) is 54.4 Å². The minimum Gasteiger partial charge on any atom is -0.444 e. The third kappa shape index (κ3) is 4.68. The van der Waals surface area contributed by atoms with E-state index in [1.807, 2.05) is 25.7 Å². The molecule has 112 valence electrons. The Bertz CT molecular complexity index is 314. The van der Waals surface area contributed by atoms with Crippen LogP contribution in [0.4, 0.5) is 4.79 Å². The molecule has 1 amide bonds. The van der Waals surface area contributed by atoms with Crippen molar-refractivity contribution in [3.05, 3.63) is 0 Å². The number of carbonyl (C=O) groups is 1. The molecule has 1 fully saturated rings. The zero-order valence-corrected chi connectivity index (χ0v) is 13.2. The Balaban J connectivity index is 2.82. The molecule has 1 aliphatic heterocycles. The standard InChI is InChI=1S/C15H29NO3/c1-14(2,3)12-9-11(10-17)7-8-16(12)13(18)19-15(4,5)6/h11-12,17H,7-10H2,1-6H3. The lowest BCUT2D eigenvalue weighted by molar-refractivity contribution is -0.0200. The van der Waals surface area contributed by atoms with Crippen LogP contribution in [0, 0.1) is 11.3 Å². The molecule has 1 rings (SSSR count). The second-order valence-corrected chi connectivity index (χ2v) is 7.63. The van der Waals surface area contributed by atoms with Gasteiger partial charge in [0.1, 0.15) is 5.60 Å². The van der Waals surface area contributed by atoms with Crippen molar-refractivity contribution in [1.82, 2.24) is 4.90 Å². The van der Waals surface area contributed by atoms with Crippen molar-refractivity contribution in [3.8, 4) is 0 Å². The van der Waals surface area contributed by atoms with Crippen molar-refractivity contribution >= 4 is 6.09 Å². The highest BCUT2D eigenvalue weighted by molar-refractivity contribution is 5.68. The van der Waals surface area contributed by atoms with Gasteiger partial charge in [-0.3, -0.25) is 0 Å². The van der Waals surface area contributed by atoms with Crippen LogP contribution in [0.2, 0.25) is 0 Å². The average molecular weight is 271 g/mol. The molecule has 1 saturated heterocycles. The number of carbonyl (C=O) groups excluding carboxylic acids is 1. The molecule has 1 aliphatic rings. The summed E-state index contributed by atoms with van der Waals surface area (Å²) in [6.07, 6.45) is 1.46. The van der Waals surface area contributed by atoms with E-state index in [9.17, 15) is 9.90 Å². The van der Waals surface area contributed by atoms with Crippen molar-refractivity contribution in [2.45, 2.75) is 66.0 Å². The predicted octanol–water partition coefficient (Wildman–Crippen LogP) is 3.04. The molecule has 1 N–H and O–H groups in total. The lowest BCUT2D eigenvalue weighted by Gasteiger charge is -2.45. The molecular formula is C15H29NO3. The number of rotatable bonds is 1. The summed E-state index contributed by atoms with van der Waals surface area (Å²) in [7, 11) is 0. The maximum absolute atomic E-state index is 12.3. The first-order valence-corrected chi connectivity index (χ1v) is 7.15. The Labute approximate surface area is 117 Å². The molecule has 0 aromatic rings. The van der Waals surface area contributed by atoms with Crippen LogP contribution in [0.3, 0.4) is 0 Å². The lowest BCUT2D eigenvalue weighted by Crippen LogP contribution is -2.53. The molecule has 0 bridgehead atoms. The van der Waals surface area contributed by atoms with Crippen molar-refractivity contribution in [1.29, 1.82) is 0 Å². The van der Waals surface area contributed by atoms with E-state index in [0.717, 1.165) is 12.8 Å². The summed E-state index contributed by atoms with van der Waals surface area (Å²) in [6, 6.07) is 0.119. The number of aliphatic hydroxyl groups is 1. The topological polar surface area (TPSA) is 49.8 Å². The van der Waals surface area contributed by atoms with Crippen molar-refractivity contribution in [2.75, 3.05) is 13.2 Å². The molecule has 0 radical (unpaired) electrons. The fourth-order valence-corrected chi connectivity index (χ4v) is 2.56. The summed E-state index contributed by atoms with van der Waals surface area (Å²) in [6.45, 7) is 12.9. The number of piperidine rings is 1. The van der Waals surface area contributed by atoms with E-state index in [-0.39, 0.29) is 24.2 Å². The largest absolute Gasteiger partial charge is 0.444 e. The minimum atomic E-state index is -0.465. The molecule has 0 spiro atoms. The van der Waals surface area contributed by atoms with E-state index in [2.05, 4.69) is 20.8 Å². The monoisotopic (exact) mass is 271 g/mol. The number of likely N-dealkylation sites (tertiary alicyclic amines) is 1. The molecule has 0 aromatic heterocycles. The predicted molar refractivity (Wildman–Crippen MR) is 76.0 cm³/mol. The maximum Gasteiger partial charge on any atom is 0.410 e.